The summed E-state index contributed by atoms with van der Waals surface area (Å²) in [4.78, 5) is 0. The highest BCUT2D eigenvalue weighted by Crippen LogP contribution is 2.33. The summed E-state index contributed by atoms with van der Waals surface area (Å²) < 4.78 is 39.8. The van der Waals surface area contributed by atoms with Crippen LogP contribution in [-0.4, -0.2) is 17.8 Å². The molecule has 0 unspecified atom stereocenters. The number of ether oxygens (including phenoxy) is 1. The molecule has 0 aliphatic heterocycles. The Morgan fingerprint density at radius 3 is 2.26 bits per heavy atom. The van der Waals surface area contributed by atoms with E-state index in [1.807, 2.05) is 0 Å². The molecule has 1 fully saturated rings. The normalized spacial score (nSPS) is 17.9. The minimum atomic E-state index is -4.64. The number of nitrogens with one attached hydrogen (secondary N) is 1. The van der Waals surface area contributed by atoms with Gasteiger partial charge in [-0.05, 0) is 37.0 Å². The molecule has 1 N–H and O–H groups in total. The number of hydrogen-bond acceptors (Lipinski definition) is 2. The molecule has 106 valence electrons. The fourth-order valence-electron chi connectivity index (χ4n) is 2.06. The predicted molar refractivity (Wildman–Crippen MR) is 67.3 cm³/mol. The third kappa shape index (κ3) is 4.01. The summed E-state index contributed by atoms with van der Waals surface area (Å²) in [7, 11) is 0. The van der Waals surface area contributed by atoms with Crippen molar-refractivity contribution in [3.63, 3.8) is 0 Å². The smallest absolute Gasteiger partial charge is 0.406 e. The van der Waals surface area contributed by atoms with Gasteiger partial charge in [-0.1, -0.05) is 12.1 Å². The van der Waals surface area contributed by atoms with Gasteiger partial charge in [-0.15, -0.1) is 24.8 Å². The molecule has 0 spiro atoms. The number of rotatable bonds is 5. The van der Waals surface area contributed by atoms with Crippen molar-refractivity contribution in [1.82, 2.24) is 5.32 Å². The van der Waals surface area contributed by atoms with Crippen LogP contribution >= 0.6 is 11.6 Å². The van der Waals surface area contributed by atoms with Crippen LogP contribution in [0.1, 0.15) is 24.8 Å². The molecule has 2 rings (SSSR count). The van der Waals surface area contributed by atoms with E-state index in [1.54, 1.807) is 12.1 Å². The zero-order chi connectivity index (χ0) is 13.9. The van der Waals surface area contributed by atoms with Crippen molar-refractivity contribution in [1.29, 1.82) is 0 Å². The first-order chi connectivity index (χ1) is 8.92. The Balaban J connectivity index is 1.88. The van der Waals surface area contributed by atoms with Gasteiger partial charge in [0.25, 0.3) is 0 Å². The van der Waals surface area contributed by atoms with Crippen LogP contribution in [0, 0.1) is 0 Å². The highest BCUT2D eigenvalue weighted by atomic mass is 35.5. The number of benzene rings is 1. The van der Waals surface area contributed by atoms with Gasteiger partial charge < -0.3 is 10.1 Å². The van der Waals surface area contributed by atoms with Gasteiger partial charge in [0.15, 0.2) is 0 Å². The van der Waals surface area contributed by atoms with E-state index in [0.717, 1.165) is 24.8 Å². The maximum atomic E-state index is 12.0. The summed E-state index contributed by atoms with van der Waals surface area (Å²) in [5.41, 5.74) is 0.911. The van der Waals surface area contributed by atoms with E-state index in [-0.39, 0.29) is 11.3 Å². The molecule has 0 heterocycles. The van der Waals surface area contributed by atoms with Gasteiger partial charge in [0.1, 0.15) is 5.75 Å². The van der Waals surface area contributed by atoms with Crippen molar-refractivity contribution in [2.24, 2.45) is 0 Å². The van der Waals surface area contributed by atoms with Crippen LogP contribution in [-0.2, 0) is 6.54 Å². The van der Waals surface area contributed by atoms with Gasteiger partial charge in [-0.2, -0.15) is 0 Å². The Hall–Kier alpha value is -0.940. The molecule has 1 aliphatic rings. The summed E-state index contributed by atoms with van der Waals surface area (Å²) in [5.74, 6) is 0.356. The molecule has 0 radical (unpaired) electrons. The largest absolute Gasteiger partial charge is 0.573 e. The minimum Gasteiger partial charge on any atom is -0.406 e. The van der Waals surface area contributed by atoms with Gasteiger partial charge in [-0.3, -0.25) is 0 Å². The minimum absolute atomic E-state index is 0.00268. The zero-order valence-corrected chi connectivity index (χ0v) is 11.0. The van der Waals surface area contributed by atoms with E-state index >= 15 is 0 Å². The lowest BCUT2D eigenvalue weighted by atomic mass is 9.78. The first-order valence-corrected chi connectivity index (χ1v) is 6.62. The van der Waals surface area contributed by atoms with Crippen molar-refractivity contribution in [3.05, 3.63) is 29.8 Å². The monoisotopic (exact) mass is 293 g/mol. The third-order valence-corrected chi connectivity index (χ3v) is 3.90. The molecule has 0 saturated heterocycles. The second-order valence-corrected chi connectivity index (χ2v) is 5.08. The lowest BCUT2D eigenvalue weighted by Crippen LogP contribution is -2.52. The molecule has 0 aromatic heterocycles. The van der Waals surface area contributed by atoms with Crippen LogP contribution in [0.15, 0.2) is 24.3 Å². The molecule has 1 aromatic rings. The predicted octanol–water partition coefficient (Wildman–Crippen LogP) is 3.84. The number of hydrogen-bond donors (Lipinski definition) is 1. The van der Waals surface area contributed by atoms with Gasteiger partial charge in [0, 0.05) is 18.0 Å². The SMILES string of the molecule is FC(F)(F)Oc1ccc(CNC2(CCl)CCC2)cc1. The zero-order valence-electron chi connectivity index (χ0n) is 10.3. The lowest BCUT2D eigenvalue weighted by Gasteiger charge is -2.41. The second-order valence-electron chi connectivity index (χ2n) is 4.81. The van der Waals surface area contributed by atoms with Crippen molar-refractivity contribution in [2.75, 3.05) is 5.88 Å². The first-order valence-electron chi connectivity index (χ1n) is 6.08. The Bertz CT molecular complexity index is 409. The van der Waals surface area contributed by atoms with Crippen molar-refractivity contribution < 1.29 is 17.9 Å². The summed E-state index contributed by atoms with van der Waals surface area (Å²) in [6, 6.07) is 5.88. The molecule has 19 heavy (non-hydrogen) atoms. The molecule has 0 atom stereocenters. The Labute approximate surface area is 114 Å². The Morgan fingerprint density at radius 2 is 1.84 bits per heavy atom. The summed E-state index contributed by atoms with van der Waals surface area (Å²) in [5, 5.41) is 3.37. The van der Waals surface area contributed by atoms with E-state index in [0.29, 0.717) is 12.4 Å². The van der Waals surface area contributed by atoms with Gasteiger partial charge in [0.05, 0.1) is 0 Å². The van der Waals surface area contributed by atoms with E-state index in [1.165, 1.54) is 12.1 Å². The molecule has 6 heteroatoms. The van der Waals surface area contributed by atoms with Crippen LogP contribution < -0.4 is 10.1 Å². The Morgan fingerprint density at radius 1 is 1.21 bits per heavy atom. The topological polar surface area (TPSA) is 21.3 Å². The van der Waals surface area contributed by atoms with Crippen LogP contribution in [0.3, 0.4) is 0 Å². The highest BCUT2D eigenvalue weighted by Gasteiger charge is 2.35. The van der Waals surface area contributed by atoms with Gasteiger partial charge in [0.2, 0.25) is 0 Å². The number of alkyl halides is 4. The van der Waals surface area contributed by atoms with E-state index < -0.39 is 6.36 Å². The quantitative estimate of drug-likeness (QED) is 0.833. The summed E-state index contributed by atoms with van der Waals surface area (Å²) in [6.45, 7) is 0.596. The fraction of sp³-hybridized carbons (Fsp3) is 0.538. The standard InChI is InChI=1S/C13H15ClF3NO/c14-9-12(6-1-7-12)18-8-10-2-4-11(5-3-10)19-13(15,16)17/h2-5,18H,1,6-9H2. The average molecular weight is 294 g/mol. The van der Waals surface area contributed by atoms with E-state index in [4.69, 9.17) is 11.6 Å². The fourth-order valence-corrected chi connectivity index (χ4v) is 2.42. The van der Waals surface area contributed by atoms with Crippen LogP contribution in [0.2, 0.25) is 0 Å². The molecule has 1 aromatic carbocycles. The van der Waals surface area contributed by atoms with E-state index in [2.05, 4.69) is 10.1 Å². The molecule has 2 nitrogen and oxygen atoms in total. The van der Waals surface area contributed by atoms with Crippen LogP contribution in [0.25, 0.3) is 0 Å². The maximum absolute atomic E-state index is 12.0. The Kier molecular flexibility index (Phi) is 4.26. The van der Waals surface area contributed by atoms with Gasteiger partial charge >= 0.3 is 6.36 Å². The third-order valence-electron chi connectivity index (χ3n) is 3.39. The highest BCUT2D eigenvalue weighted by molar-refractivity contribution is 6.18. The summed E-state index contributed by atoms with van der Waals surface area (Å²) in [6.07, 6.45) is -1.38. The molecule has 1 saturated carbocycles. The van der Waals surface area contributed by atoms with Gasteiger partial charge in [-0.25, -0.2) is 0 Å². The molecular formula is C13H15ClF3NO. The first kappa shape index (κ1) is 14.5. The second kappa shape index (κ2) is 5.59. The lowest BCUT2D eigenvalue weighted by molar-refractivity contribution is -0.274. The van der Waals surface area contributed by atoms with Crippen LogP contribution in [0.5, 0.6) is 5.75 Å². The average Bonchev–Trinajstić information content (AvgIpc) is 2.28. The molecular weight excluding hydrogens is 279 g/mol. The molecule has 0 amide bonds. The number of halogens is 4. The van der Waals surface area contributed by atoms with Crippen molar-refractivity contribution >= 4 is 11.6 Å². The molecule has 1 aliphatic carbocycles. The molecule has 0 bridgehead atoms. The summed E-state index contributed by atoms with van der Waals surface area (Å²) >= 11 is 5.92. The van der Waals surface area contributed by atoms with Crippen molar-refractivity contribution in [3.8, 4) is 5.75 Å². The van der Waals surface area contributed by atoms with Crippen LogP contribution in [0.4, 0.5) is 13.2 Å². The van der Waals surface area contributed by atoms with E-state index in [9.17, 15) is 13.2 Å². The maximum Gasteiger partial charge on any atom is 0.573 e. The van der Waals surface area contributed by atoms with Crippen molar-refractivity contribution in [2.45, 2.75) is 37.7 Å².